The Labute approximate surface area is 161 Å². The van der Waals surface area contributed by atoms with E-state index in [4.69, 9.17) is 29.5 Å². The molecule has 0 radical (unpaired) electrons. The summed E-state index contributed by atoms with van der Waals surface area (Å²) in [7, 11) is 0. The van der Waals surface area contributed by atoms with E-state index in [0.717, 1.165) is 0 Å². The number of aliphatic hydroxyl groups excluding tert-OH is 6. The molecule has 0 amide bonds. The van der Waals surface area contributed by atoms with Gasteiger partial charge in [-0.15, -0.1) is 0 Å². The molecule has 0 aliphatic rings. The van der Waals surface area contributed by atoms with Crippen molar-refractivity contribution in [2.24, 2.45) is 0 Å². The van der Waals surface area contributed by atoms with Crippen LogP contribution in [-0.2, 0) is 19.0 Å². The standard InChI is InChI=1S/C18H26O10/c19-6-13(22)9-26-16(12-4-2-1-3-5-12)17(27-10-14(23)7-20)18(25)28-11-15(24)8-21/h1-5,13-15,19-24H,6-11H2. The van der Waals surface area contributed by atoms with Crippen LogP contribution in [0, 0.1) is 0 Å². The molecule has 0 heterocycles. The lowest BCUT2D eigenvalue weighted by Crippen LogP contribution is -2.27. The predicted octanol–water partition coefficient (Wildman–Crippen LogP) is -2.01. The second kappa shape index (κ2) is 13.0. The normalized spacial score (nSPS) is 15.2. The molecule has 0 bridgehead atoms. The average molecular weight is 402 g/mol. The minimum absolute atomic E-state index is 0.137. The number of ether oxygens (including phenoxy) is 3. The van der Waals surface area contributed by atoms with E-state index in [9.17, 15) is 20.1 Å². The highest BCUT2D eigenvalue weighted by Crippen LogP contribution is 2.23. The van der Waals surface area contributed by atoms with E-state index in [-0.39, 0.29) is 12.4 Å². The molecule has 0 aromatic heterocycles. The van der Waals surface area contributed by atoms with E-state index in [1.54, 1.807) is 30.3 Å². The molecule has 3 atom stereocenters. The lowest BCUT2D eigenvalue weighted by Gasteiger charge is -2.19. The Morgan fingerprint density at radius 2 is 1.21 bits per heavy atom. The Balaban J connectivity index is 3.21. The van der Waals surface area contributed by atoms with Gasteiger partial charge < -0.3 is 44.8 Å². The van der Waals surface area contributed by atoms with Gasteiger partial charge in [0.2, 0.25) is 5.76 Å². The molecule has 0 fully saturated rings. The van der Waals surface area contributed by atoms with Crippen molar-refractivity contribution in [2.45, 2.75) is 18.3 Å². The molecule has 10 nitrogen and oxygen atoms in total. The quantitative estimate of drug-likeness (QED) is 0.123. The van der Waals surface area contributed by atoms with Crippen LogP contribution in [0.15, 0.2) is 36.1 Å². The van der Waals surface area contributed by atoms with Crippen molar-refractivity contribution >= 4 is 11.7 Å². The molecule has 6 N–H and O–H groups in total. The maximum Gasteiger partial charge on any atom is 0.377 e. The number of aliphatic hydroxyl groups is 6. The second-order valence-corrected chi connectivity index (χ2v) is 5.75. The van der Waals surface area contributed by atoms with Crippen molar-refractivity contribution in [1.29, 1.82) is 0 Å². The SMILES string of the molecule is O=C(OCC(O)CO)C(OCC(O)CO)=C(OCC(O)CO)c1ccccc1. The minimum Gasteiger partial charge on any atom is -0.486 e. The van der Waals surface area contributed by atoms with E-state index >= 15 is 0 Å². The fourth-order valence-electron chi connectivity index (χ4n) is 1.84. The lowest BCUT2D eigenvalue weighted by atomic mass is 10.1. The Bertz CT molecular complexity index is 604. The van der Waals surface area contributed by atoms with Crippen molar-refractivity contribution in [2.75, 3.05) is 39.6 Å². The first-order valence-corrected chi connectivity index (χ1v) is 8.52. The molecule has 28 heavy (non-hydrogen) atoms. The van der Waals surface area contributed by atoms with Gasteiger partial charge in [-0.3, -0.25) is 0 Å². The number of esters is 1. The highest BCUT2D eigenvalue weighted by atomic mass is 16.6. The second-order valence-electron chi connectivity index (χ2n) is 5.75. The predicted molar refractivity (Wildman–Crippen MR) is 95.5 cm³/mol. The number of rotatable bonds is 13. The molecule has 0 saturated heterocycles. The number of carbonyl (C=O) groups is 1. The molecule has 1 aromatic rings. The van der Waals surface area contributed by atoms with Gasteiger partial charge in [0.25, 0.3) is 0 Å². The summed E-state index contributed by atoms with van der Waals surface area (Å²) in [5.41, 5.74) is 0.376. The molecular formula is C18H26O10. The van der Waals surface area contributed by atoms with E-state index in [1.807, 2.05) is 0 Å². The third-order valence-electron chi connectivity index (χ3n) is 3.31. The summed E-state index contributed by atoms with van der Waals surface area (Å²) in [4.78, 5) is 12.5. The summed E-state index contributed by atoms with van der Waals surface area (Å²) in [6.45, 7) is -3.17. The van der Waals surface area contributed by atoms with Gasteiger partial charge in [-0.2, -0.15) is 0 Å². The molecule has 1 rings (SSSR count). The lowest BCUT2D eigenvalue weighted by molar-refractivity contribution is -0.147. The van der Waals surface area contributed by atoms with Crippen molar-refractivity contribution < 1.29 is 49.6 Å². The van der Waals surface area contributed by atoms with Crippen molar-refractivity contribution in [1.82, 2.24) is 0 Å². The van der Waals surface area contributed by atoms with E-state index in [2.05, 4.69) is 0 Å². The number of benzene rings is 1. The van der Waals surface area contributed by atoms with Gasteiger partial charge in [0.05, 0.1) is 19.8 Å². The molecule has 1 aromatic carbocycles. The molecule has 0 aliphatic carbocycles. The summed E-state index contributed by atoms with van der Waals surface area (Å²) in [6.07, 6.45) is -3.81. The molecule has 3 unspecified atom stereocenters. The summed E-state index contributed by atoms with van der Waals surface area (Å²) >= 11 is 0. The maximum absolute atomic E-state index is 12.5. The number of hydrogen-bond donors (Lipinski definition) is 6. The summed E-state index contributed by atoms with van der Waals surface area (Å²) in [5.74, 6) is -1.68. The van der Waals surface area contributed by atoms with Crippen LogP contribution in [0.25, 0.3) is 5.76 Å². The topological polar surface area (TPSA) is 166 Å². The van der Waals surface area contributed by atoms with Gasteiger partial charge in [0.15, 0.2) is 5.76 Å². The third-order valence-corrected chi connectivity index (χ3v) is 3.31. The zero-order valence-corrected chi connectivity index (χ0v) is 15.2. The van der Waals surface area contributed by atoms with Gasteiger partial charge in [0.1, 0.15) is 38.1 Å². The van der Waals surface area contributed by atoms with Gasteiger partial charge >= 0.3 is 5.97 Å². The van der Waals surface area contributed by atoms with Crippen LogP contribution >= 0.6 is 0 Å². The smallest absolute Gasteiger partial charge is 0.377 e. The van der Waals surface area contributed by atoms with Crippen molar-refractivity contribution in [3.05, 3.63) is 41.7 Å². The van der Waals surface area contributed by atoms with Gasteiger partial charge in [-0.1, -0.05) is 30.3 Å². The fraction of sp³-hybridized carbons (Fsp3) is 0.500. The molecular weight excluding hydrogens is 376 g/mol. The molecule has 158 valence electrons. The van der Waals surface area contributed by atoms with Gasteiger partial charge in [0, 0.05) is 5.56 Å². The number of carbonyl (C=O) groups excluding carboxylic acids is 1. The highest BCUT2D eigenvalue weighted by Gasteiger charge is 2.25. The first-order valence-electron chi connectivity index (χ1n) is 8.52. The molecule has 0 aliphatic heterocycles. The molecule has 0 saturated carbocycles. The zero-order valence-electron chi connectivity index (χ0n) is 15.2. The Hall–Kier alpha value is -2.21. The fourth-order valence-corrected chi connectivity index (χ4v) is 1.84. The van der Waals surface area contributed by atoms with Crippen molar-refractivity contribution in [3.8, 4) is 0 Å². The average Bonchev–Trinajstić information content (AvgIpc) is 2.73. The van der Waals surface area contributed by atoms with Gasteiger partial charge in [-0.25, -0.2) is 4.79 Å². The third kappa shape index (κ3) is 8.21. The van der Waals surface area contributed by atoms with Crippen LogP contribution in [0.4, 0.5) is 0 Å². The first-order chi connectivity index (χ1) is 13.4. The van der Waals surface area contributed by atoms with E-state index in [0.29, 0.717) is 5.56 Å². The van der Waals surface area contributed by atoms with Crippen LogP contribution in [-0.4, -0.2) is 94.6 Å². The maximum atomic E-state index is 12.5. The monoisotopic (exact) mass is 402 g/mol. The van der Waals surface area contributed by atoms with Gasteiger partial charge in [-0.05, 0) is 0 Å². The van der Waals surface area contributed by atoms with E-state index < -0.39 is 63.1 Å². The molecule has 10 heteroatoms. The minimum atomic E-state index is -1.30. The molecule has 0 spiro atoms. The summed E-state index contributed by atoms with van der Waals surface area (Å²) < 4.78 is 15.6. The van der Waals surface area contributed by atoms with Crippen LogP contribution < -0.4 is 0 Å². The largest absolute Gasteiger partial charge is 0.486 e. The Kier molecular flexibility index (Phi) is 11.1. The van der Waals surface area contributed by atoms with Crippen LogP contribution in [0.5, 0.6) is 0 Å². The Morgan fingerprint density at radius 3 is 1.71 bits per heavy atom. The van der Waals surface area contributed by atoms with Crippen LogP contribution in [0.1, 0.15) is 5.56 Å². The van der Waals surface area contributed by atoms with Crippen LogP contribution in [0.3, 0.4) is 0 Å². The summed E-state index contributed by atoms with van der Waals surface area (Å²) in [6, 6.07) is 8.20. The first kappa shape index (κ1) is 23.8. The Morgan fingerprint density at radius 1 is 0.750 bits per heavy atom. The summed E-state index contributed by atoms with van der Waals surface area (Å²) in [5, 5.41) is 55.2. The number of hydrogen-bond acceptors (Lipinski definition) is 10. The van der Waals surface area contributed by atoms with E-state index in [1.165, 1.54) is 0 Å². The van der Waals surface area contributed by atoms with Crippen molar-refractivity contribution in [3.63, 3.8) is 0 Å². The zero-order chi connectivity index (χ0) is 20.9. The van der Waals surface area contributed by atoms with Crippen LogP contribution in [0.2, 0.25) is 0 Å². The highest BCUT2D eigenvalue weighted by molar-refractivity contribution is 5.94.